The molecule has 1 aliphatic heterocycles. The number of rotatable bonds is 6. The summed E-state index contributed by atoms with van der Waals surface area (Å²) in [5.74, 6) is 0.384. The number of piperidine rings is 1. The Morgan fingerprint density at radius 3 is 2.44 bits per heavy atom. The van der Waals surface area contributed by atoms with E-state index in [-0.39, 0.29) is 5.91 Å². The Kier molecular flexibility index (Phi) is 6.98. The first-order valence-electron chi connectivity index (χ1n) is 8.97. The molecule has 1 aliphatic rings. The van der Waals surface area contributed by atoms with Gasteiger partial charge in [-0.1, -0.05) is 17.7 Å². The van der Waals surface area contributed by atoms with Crippen molar-refractivity contribution in [2.45, 2.75) is 52.5 Å². The molecule has 1 atom stereocenters. The average Bonchev–Trinajstić information content (AvgIpc) is 2.58. The number of nitriles is 1. The molecule has 136 valence electrons. The molecule has 2 rings (SSSR count). The Labute approximate surface area is 150 Å². The number of hydrogen-bond acceptors (Lipinski definition) is 4. The average molecular weight is 343 g/mol. The lowest BCUT2D eigenvalue weighted by atomic mass is 9.91. The maximum Gasteiger partial charge on any atom is 0.225 e. The molecule has 1 amide bonds. The second kappa shape index (κ2) is 8.98. The Morgan fingerprint density at radius 2 is 1.92 bits per heavy atom. The van der Waals surface area contributed by atoms with E-state index in [0.717, 1.165) is 42.6 Å². The molecule has 0 saturated carbocycles. The molecule has 5 heteroatoms. The second-order valence-electron chi connectivity index (χ2n) is 7.09. The summed E-state index contributed by atoms with van der Waals surface area (Å²) >= 11 is 0. The number of hydroxylamine groups is 2. The van der Waals surface area contributed by atoms with Gasteiger partial charge in [0.25, 0.3) is 0 Å². The molecular formula is C20H29N3O2. The van der Waals surface area contributed by atoms with E-state index < -0.39 is 6.04 Å². The smallest absolute Gasteiger partial charge is 0.225 e. The maximum atomic E-state index is 12.4. The lowest BCUT2D eigenvalue weighted by Crippen LogP contribution is -2.39. The first-order chi connectivity index (χ1) is 11.9. The standard InChI is InChI=1S/C20H29N3O2/c1-14-9-15(2)19(16(3)10-14)12-20(24)22-18(13-21)11-17-5-7-23(25-4)8-6-17/h9-10,17-18H,5-8,11-12H2,1-4H3,(H,22,24). The van der Waals surface area contributed by atoms with Crippen molar-refractivity contribution in [3.8, 4) is 6.07 Å². The van der Waals surface area contributed by atoms with Crippen LogP contribution in [0.1, 0.15) is 41.5 Å². The molecule has 0 bridgehead atoms. The molecule has 1 unspecified atom stereocenters. The number of aryl methyl sites for hydroxylation is 3. The van der Waals surface area contributed by atoms with Gasteiger partial charge in [-0.3, -0.25) is 4.79 Å². The van der Waals surface area contributed by atoms with Gasteiger partial charge in [0.2, 0.25) is 5.91 Å². The van der Waals surface area contributed by atoms with Crippen LogP contribution in [-0.4, -0.2) is 37.2 Å². The number of hydrogen-bond donors (Lipinski definition) is 1. The minimum atomic E-state index is -0.419. The predicted octanol–water partition coefficient (Wildman–Crippen LogP) is 2.83. The van der Waals surface area contributed by atoms with Gasteiger partial charge in [-0.15, -0.1) is 0 Å². The van der Waals surface area contributed by atoms with Crippen molar-refractivity contribution in [1.82, 2.24) is 10.4 Å². The predicted molar refractivity (Wildman–Crippen MR) is 97.8 cm³/mol. The van der Waals surface area contributed by atoms with Crippen LogP contribution in [0.25, 0.3) is 0 Å². The Hall–Kier alpha value is -1.90. The molecule has 1 fully saturated rings. The fourth-order valence-electron chi connectivity index (χ4n) is 3.70. The van der Waals surface area contributed by atoms with Gasteiger partial charge in [-0.25, -0.2) is 0 Å². The minimum Gasteiger partial charge on any atom is -0.340 e. The third kappa shape index (κ3) is 5.55. The summed E-state index contributed by atoms with van der Waals surface area (Å²) in [5.41, 5.74) is 4.53. The summed E-state index contributed by atoms with van der Waals surface area (Å²) in [4.78, 5) is 17.7. The lowest BCUT2D eigenvalue weighted by molar-refractivity contribution is -0.148. The SMILES string of the molecule is CON1CCC(CC(C#N)NC(=O)Cc2c(C)cc(C)cc2C)CC1. The Morgan fingerprint density at radius 1 is 1.32 bits per heavy atom. The fourth-order valence-corrected chi connectivity index (χ4v) is 3.70. The van der Waals surface area contributed by atoms with Crippen molar-refractivity contribution < 1.29 is 9.63 Å². The number of carbonyl (C=O) groups excluding carboxylic acids is 1. The molecule has 25 heavy (non-hydrogen) atoms. The van der Waals surface area contributed by atoms with E-state index in [1.807, 2.05) is 18.9 Å². The molecule has 1 aromatic carbocycles. The number of nitrogens with zero attached hydrogens (tertiary/aromatic N) is 2. The summed E-state index contributed by atoms with van der Waals surface area (Å²) in [5, 5.41) is 14.3. The zero-order valence-corrected chi connectivity index (χ0v) is 15.8. The van der Waals surface area contributed by atoms with Gasteiger partial charge in [0.05, 0.1) is 19.6 Å². The number of amides is 1. The number of nitrogens with one attached hydrogen (secondary N) is 1. The summed E-state index contributed by atoms with van der Waals surface area (Å²) < 4.78 is 0. The van der Waals surface area contributed by atoms with E-state index in [1.54, 1.807) is 7.11 Å². The zero-order chi connectivity index (χ0) is 18.4. The molecule has 1 heterocycles. The van der Waals surface area contributed by atoms with Crippen LogP contribution in [0, 0.1) is 38.0 Å². The summed E-state index contributed by atoms with van der Waals surface area (Å²) in [6.07, 6.45) is 3.04. The molecule has 1 N–H and O–H groups in total. The van der Waals surface area contributed by atoms with Crippen LogP contribution < -0.4 is 5.32 Å². The molecule has 0 aromatic heterocycles. The van der Waals surface area contributed by atoms with Crippen molar-refractivity contribution in [3.63, 3.8) is 0 Å². The third-order valence-corrected chi connectivity index (χ3v) is 5.07. The van der Waals surface area contributed by atoms with Crippen molar-refractivity contribution >= 4 is 5.91 Å². The van der Waals surface area contributed by atoms with Gasteiger partial charge in [0, 0.05) is 13.1 Å². The highest BCUT2D eigenvalue weighted by atomic mass is 16.7. The molecule has 1 saturated heterocycles. The van der Waals surface area contributed by atoms with Crippen LogP contribution in [0.15, 0.2) is 12.1 Å². The van der Waals surface area contributed by atoms with Crippen LogP contribution in [0.3, 0.4) is 0 Å². The molecule has 5 nitrogen and oxygen atoms in total. The van der Waals surface area contributed by atoms with E-state index in [9.17, 15) is 10.1 Å². The van der Waals surface area contributed by atoms with Gasteiger partial charge in [-0.2, -0.15) is 10.3 Å². The van der Waals surface area contributed by atoms with Crippen molar-refractivity contribution in [1.29, 1.82) is 5.26 Å². The maximum absolute atomic E-state index is 12.4. The van der Waals surface area contributed by atoms with Gasteiger partial charge < -0.3 is 10.2 Å². The largest absolute Gasteiger partial charge is 0.340 e. The van der Waals surface area contributed by atoms with Crippen LogP contribution in [0.4, 0.5) is 0 Å². The topological polar surface area (TPSA) is 65.4 Å². The van der Waals surface area contributed by atoms with Crippen molar-refractivity contribution in [2.75, 3.05) is 20.2 Å². The van der Waals surface area contributed by atoms with Crippen LogP contribution >= 0.6 is 0 Å². The van der Waals surface area contributed by atoms with Gasteiger partial charge in [-0.05, 0) is 62.6 Å². The van der Waals surface area contributed by atoms with E-state index in [4.69, 9.17) is 4.84 Å². The molecule has 0 spiro atoms. The molecule has 1 aromatic rings. The van der Waals surface area contributed by atoms with Gasteiger partial charge in [0.15, 0.2) is 0 Å². The Balaban J connectivity index is 1.89. The number of carbonyl (C=O) groups is 1. The van der Waals surface area contributed by atoms with Gasteiger partial charge in [0.1, 0.15) is 6.04 Å². The third-order valence-electron chi connectivity index (χ3n) is 5.07. The zero-order valence-electron chi connectivity index (χ0n) is 15.8. The Bertz CT molecular complexity index is 620. The van der Waals surface area contributed by atoms with Crippen LogP contribution in [0.5, 0.6) is 0 Å². The first-order valence-corrected chi connectivity index (χ1v) is 8.97. The summed E-state index contributed by atoms with van der Waals surface area (Å²) in [6.45, 7) is 7.90. The second-order valence-corrected chi connectivity index (χ2v) is 7.09. The van der Waals surface area contributed by atoms with E-state index in [1.165, 1.54) is 5.56 Å². The first kappa shape index (κ1) is 19.4. The molecular weight excluding hydrogens is 314 g/mol. The van der Waals surface area contributed by atoms with Crippen molar-refractivity contribution in [3.05, 3.63) is 34.4 Å². The highest BCUT2D eigenvalue weighted by Crippen LogP contribution is 2.22. The number of benzene rings is 1. The highest BCUT2D eigenvalue weighted by molar-refractivity contribution is 5.80. The lowest BCUT2D eigenvalue weighted by Gasteiger charge is -2.30. The molecule has 0 radical (unpaired) electrons. The van der Waals surface area contributed by atoms with E-state index >= 15 is 0 Å². The normalized spacial score (nSPS) is 17.1. The fraction of sp³-hybridized carbons (Fsp3) is 0.600. The van der Waals surface area contributed by atoms with Crippen LogP contribution in [-0.2, 0) is 16.1 Å². The highest BCUT2D eigenvalue weighted by Gasteiger charge is 2.23. The van der Waals surface area contributed by atoms with Gasteiger partial charge >= 0.3 is 0 Å². The molecule has 0 aliphatic carbocycles. The summed E-state index contributed by atoms with van der Waals surface area (Å²) in [7, 11) is 1.69. The minimum absolute atomic E-state index is 0.0732. The van der Waals surface area contributed by atoms with E-state index in [0.29, 0.717) is 18.8 Å². The van der Waals surface area contributed by atoms with Crippen molar-refractivity contribution in [2.24, 2.45) is 5.92 Å². The van der Waals surface area contributed by atoms with Crippen LogP contribution in [0.2, 0.25) is 0 Å². The quantitative estimate of drug-likeness (QED) is 0.862. The summed E-state index contributed by atoms with van der Waals surface area (Å²) in [6, 6.07) is 6.03. The van der Waals surface area contributed by atoms with E-state index in [2.05, 4.69) is 30.4 Å². The monoisotopic (exact) mass is 343 g/mol.